The smallest absolute Gasteiger partial charge is 0.241 e. The lowest BCUT2D eigenvalue weighted by atomic mass is 10.1. The number of guanidine groups is 1. The van der Waals surface area contributed by atoms with Crippen LogP contribution in [0.4, 0.5) is 0 Å². The molecule has 1 aromatic heterocycles. The molecule has 0 fully saturated rings. The van der Waals surface area contributed by atoms with Gasteiger partial charge in [-0.25, -0.2) is 0 Å². The first-order valence-electron chi connectivity index (χ1n) is 8.91. The van der Waals surface area contributed by atoms with Gasteiger partial charge in [-0.15, -0.1) is 0 Å². The number of rotatable bonds is 8. The molecule has 2 rings (SSSR count). The molecule has 144 valence electrons. The molecule has 0 saturated carbocycles. The fraction of sp³-hybridized carbons (Fsp3) is 0.350. The van der Waals surface area contributed by atoms with Crippen LogP contribution in [-0.4, -0.2) is 55.5 Å². The van der Waals surface area contributed by atoms with Crippen LogP contribution in [0.5, 0.6) is 0 Å². The van der Waals surface area contributed by atoms with Gasteiger partial charge in [-0.2, -0.15) is 0 Å². The van der Waals surface area contributed by atoms with Crippen molar-refractivity contribution in [3.63, 3.8) is 0 Å². The topological polar surface area (TPSA) is 69.6 Å². The first-order valence-corrected chi connectivity index (χ1v) is 9.29. The number of hydrogen-bond donors (Lipinski definition) is 2. The third-order valence-electron chi connectivity index (χ3n) is 4.11. The lowest BCUT2D eigenvalue weighted by Crippen LogP contribution is -2.44. The van der Waals surface area contributed by atoms with Crippen molar-refractivity contribution >= 4 is 23.5 Å². The molecule has 0 aliphatic rings. The molecule has 0 saturated heterocycles. The van der Waals surface area contributed by atoms with Gasteiger partial charge in [0.05, 0.1) is 6.54 Å². The highest BCUT2D eigenvalue weighted by atomic mass is 35.5. The van der Waals surface area contributed by atoms with E-state index in [0.29, 0.717) is 19.0 Å². The monoisotopic (exact) mass is 387 g/mol. The fourth-order valence-corrected chi connectivity index (χ4v) is 2.57. The van der Waals surface area contributed by atoms with Crippen molar-refractivity contribution < 1.29 is 4.79 Å². The summed E-state index contributed by atoms with van der Waals surface area (Å²) in [6.07, 6.45) is 3.34. The third kappa shape index (κ3) is 7.66. The molecule has 2 N–H and O–H groups in total. The van der Waals surface area contributed by atoms with E-state index in [1.165, 1.54) is 5.56 Å². The van der Waals surface area contributed by atoms with E-state index in [2.05, 4.69) is 20.6 Å². The van der Waals surface area contributed by atoms with Crippen LogP contribution in [0.1, 0.15) is 11.3 Å². The second-order valence-corrected chi connectivity index (χ2v) is 6.55. The number of hydrogen-bond acceptors (Lipinski definition) is 3. The minimum Gasteiger partial charge on any atom is -0.356 e. The molecule has 1 aromatic carbocycles. The van der Waals surface area contributed by atoms with Crippen LogP contribution in [0.15, 0.2) is 53.7 Å². The first kappa shape index (κ1) is 20.7. The number of carbonyl (C=O) groups excluding carboxylic acids is 1. The summed E-state index contributed by atoms with van der Waals surface area (Å²) >= 11 is 5.89. The van der Waals surface area contributed by atoms with Crippen LogP contribution in [-0.2, 0) is 17.6 Å². The van der Waals surface area contributed by atoms with Crippen molar-refractivity contribution in [2.75, 3.05) is 33.7 Å². The van der Waals surface area contributed by atoms with Gasteiger partial charge in [0.25, 0.3) is 0 Å². The Morgan fingerprint density at radius 3 is 2.59 bits per heavy atom. The predicted molar refractivity (Wildman–Crippen MR) is 110 cm³/mol. The molecule has 0 radical (unpaired) electrons. The number of amides is 1. The summed E-state index contributed by atoms with van der Waals surface area (Å²) in [5, 5.41) is 7.00. The second kappa shape index (κ2) is 11.2. The van der Waals surface area contributed by atoms with E-state index in [1.807, 2.05) is 42.5 Å². The van der Waals surface area contributed by atoms with Gasteiger partial charge < -0.3 is 15.5 Å². The third-order valence-corrected chi connectivity index (χ3v) is 4.36. The minimum atomic E-state index is 0.00609. The molecule has 0 unspecified atom stereocenters. The van der Waals surface area contributed by atoms with Gasteiger partial charge in [-0.1, -0.05) is 29.8 Å². The highest BCUT2D eigenvalue weighted by Crippen LogP contribution is 2.09. The number of benzene rings is 1. The number of likely N-dealkylation sites (N-methyl/N-ethyl adjacent to an activating group) is 1. The van der Waals surface area contributed by atoms with Gasteiger partial charge >= 0.3 is 0 Å². The van der Waals surface area contributed by atoms with E-state index >= 15 is 0 Å². The van der Waals surface area contributed by atoms with Crippen molar-refractivity contribution in [3.8, 4) is 0 Å². The van der Waals surface area contributed by atoms with Gasteiger partial charge in [0.2, 0.25) is 5.91 Å². The van der Waals surface area contributed by atoms with Gasteiger partial charge in [0.15, 0.2) is 5.96 Å². The van der Waals surface area contributed by atoms with Crippen molar-refractivity contribution in [3.05, 3.63) is 64.9 Å². The molecule has 27 heavy (non-hydrogen) atoms. The molecule has 7 heteroatoms. The standard InChI is InChI=1S/C20H26ClN5O/c1-22-20(24-13-10-16-6-8-17(21)9-7-16)25-15-19(27)26(2)14-11-18-5-3-4-12-23-18/h3-9,12H,10-11,13-15H2,1-2H3,(H2,22,24,25). The highest BCUT2D eigenvalue weighted by Gasteiger charge is 2.09. The van der Waals surface area contributed by atoms with Crippen LogP contribution < -0.4 is 10.6 Å². The lowest BCUT2D eigenvalue weighted by molar-refractivity contribution is -0.128. The molecule has 0 atom stereocenters. The number of nitrogens with one attached hydrogen (secondary N) is 2. The van der Waals surface area contributed by atoms with E-state index in [1.54, 1.807) is 25.2 Å². The van der Waals surface area contributed by atoms with Gasteiger partial charge in [-0.3, -0.25) is 14.8 Å². The van der Waals surface area contributed by atoms with Crippen LogP contribution in [0.3, 0.4) is 0 Å². The van der Waals surface area contributed by atoms with Crippen LogP contribution >= 0.6 is 11.6 Å². The Morgan fingerprint density at radius 2 is 1.93 bits per heavy atom. The zero-order valence-electron chi connectivity index (χ0n) is 15.8. The average molecular weight is 388 g/mol. The zero-order valence-corrected chi connectivity index (χ0v) is 16.5. The summed E-state index contributed by atoms with van der Waals surface area (Å²) in [5.74, 6) is 0.613. The van der Waals surface area contributed by atoms with Gasteiger partial charge in [0.1, 0.15) is 0 Å². The van der Waals surface area contributed by atoms with Crippen LogP contribution in [0.25, 0.3) is 0 Å². The fourth-order valence-electron chi connectivity index (χ4n) is 2.44. The molecular weight excluding hydrogens is 362 g/mol. The number of pyridine rings is 1. The summed E-state index contributed by atoms with van der Waals surface area (Å²) in [6.45, 7) is 1.53. The summed E-state index contributed by atoms with van der Waals surface area (Å²) < 4.78 is 0. The Bertz CT molecular complexity index is 734. The van der Waals surface area contributed by atoms with Gasteiger partial charge in [-0.05, 0) is 36.2 Å². The molecule has 6 nitrogen and oxygen atoms in total. The largest absolute Gasteiger partial charge is 0.356 e. The quantitative estimate of drug-likeness (QED) is 0.538. The van der Waals surface area contributed by atoms with Crippen LogP contribution in [0, 0.1) is 0 Å². The summed E-state index contributed by atoms with van der Waals surface area (Å²) in [6, 6.07) is 13.6. The molecule has 1 amide bonds. The normalized spacial score (nSPS) is 11.1. The maximum atomic E-state index is 12.3. The summed E-state index contributed by atoms with van der Waals surface area (Å²) in [7, 11) is 3.48. The van der Waals surface area contributed by atoms with E-state index in [-0.39, 0.29) is 12.5 Å². The summed E-state index contributed by atoms with van der Waals surface area (Å²) in [4.78, 5) is 22.4. The zero-order chi connectivity index (χ0) is 19.5. The minimum absolute atomic E-state index is 0.00609. The van der Waals surface area contributed by atoms with Crippen molar-refractivity contribution in [2.45, 2.75) is 12.8 Å². The maximum Gasteiger partial charge on any atom is 0.241 e. The molecule has 0 bridgehead atoms. The van der Waals surface area contributed by atoms with Crippen LogP contribution in [0.2, 0.25) is 5.02 Å². The number of carbonyl (C=O) groups is 1. The number of nitrogens with zero attached hydrogens (tertiary/aromatic N) is 3. The van der Waals surface area contributed by atoms with E-state index < -0.39 is 0 Å². The van der Waals surface area contributed by atoms with Crippen molar-refractivity contribution in [1.82, 2.24) is 20.5 Å². The molecule has 0 aliphatic heterocycles. The molecule has 2 aromatic rings. The number of halogens is 1. The Hall–Kier alpha value is -2.60. The maximum absolute atomic E-state index is 12.3. The van der Waals surface area contributed by atoms with E-state index in [9.17, 15) is 4.79 Å². The first-order chi connectivity index (χ1) is 13.1. The Balaban J connectivity index is 1.67. The lowest BCUT2D eigenvalue weighted by Gasteiger charge is -2.18. The Kier molecular flexibility index (Phi) is 8.58. The van der Waals surface area contributed by atoms with E-state index in [4.69, 9.17) is 11.6 Å². The molecule has 1 heterocycles. The van der Waals surface area contributed by atoms with E-state index in [0.717, 1.165) is 23.6 Å². The predicted octanol–water partition coefficient (Wildman–Crippen LogP) is 2.14. The number of aliphatic imine (C=N–C) groups is 1. The Morgan fingerprint density at radius 1 is 1.15 bits per heavy atom. The number of aromatic nitrogens is 1. The second-order valence-electron chi connectivity index (χ2n) is 6.12. The van der Waals surface area contributed by atoms with Crippen molar-refractivity contribution in [1.29, 1.82) is 0 Å². The molecule has 0 aliphatic carbocycles. The highest BCUT2D eigenvalue weighted by molar-refractivity contribution is 6.30. The molecule has 0 spiro atoms. The van der Waals surface area contributed by atoms with Gasteiger partial charge in [0, 0.05) is 50.5 Å². The summed E-state index contributed by atoms with van der Waals surface area (Å²) in [5.41, 5.74) is 2.16. The van der Waals surface area contributed by atoms with Crippen molar-refractivity contribution in [2.24, 2.45) is 4.99 Å². The Labute approximate surface area is 165 Å². The average Bonchev–Trinajstić information content (AvgIpc) is 2.70. The SMILES string of the molecule is CN=C(NCCc1ccc(Cl)cc1)NCC(=O)N(C)CCc1ccccn1. The molecular formula is C20H26ClN5O.